The Bertz CT molecular complexity index is 307. The molecule has 4 heteroatoms. The van der Waals surface area contributed by atoms with Crippen molar-refractivity contribution >= 4 is 0 Å². The third kappa shape index (κ3) is 5.21. The Hall–Kier alpha value is -0.970. The predicted octanol–water partition coefficient (Wildman–Crippen LogP) is 1.27. The molecule has 0 aliphatic heterocycles. The molecule has 0 aliphatic rings. The normalized spacial score (nSPS) is 11.0. The molecule has 0 bridgehead atoms. The van der Waals surface area contributed by atoms with E-state index in [1.807, 2.05) is 18.0 Å². The van der Waals surface area contributed by atoms with Gasteiger partial charge in [-0.25, -0.2) is 4.39 Å². The van der Waals surface area contributed by atoms with Gasteiger partial charge in [0.05, 0.1) is 19.8 Å². The lowest BCUT2D eigenvalue weighted by Gasteiger charge is -2.16. The summed E-state index contributed by atoms with van der Waals surface area (Å²) in [6.45, 7) is 2.45. The van der Waals surface area contributed by atoms with Gasteiger partial charge in [-0.3, -0.25) is 4.90 Å². The van der Waals surface area contributed by atoms with Gasteiger partial charge in [0, 0.05) is 13.1 Å². The first-order valence-electron chi connectivity index (χ1n) is 5.34. The summed E-state index contributed by atoms with van der Waals surface area (Å²) in [6, 6.07) is 6.58. The molecular formula is C12H18FNO2. The van der Waals surface area contributed by atoms with Crippen LogP contribution in [0.4, 0.5) is 4.39 Å². The second kappa shape index (κ2) is 7.33. The van der Waals surface area contributed by atoms with Crippen molar-refractivity contribution in [1.82, 2.24) is 4.90 Å². The van der Waals surface area contributed by atoms with E-state index in [1.165, 1.54) is 12.1 Å². The minimum Gasteiger partial charge on any atom is -0.394 e. The predicted molar refractivity (Wildman–Crippen MR) is 60.6 cm³/mol. The highest BCUT2D eigenvalue weighted by Crippen LogP contribution is 2.05. The van der Waals surface area contributed by atoms with Crippen molar-refractivity contribution in [3.05, 3.63) is 35.6 Å². The third-order valence-corrected chi connectivity index (χ3v) is 2.19. The van der Waals surface area contributed by atoms with Crippen LogP contribution in [0.3, 0.4) is 0 Å². The molecule has 0 saturated carbocycles. The van der Waals surface area contributed by atoms with Crippen molar-refractivity contribution < 1.29 is 14.2 Å². The maximum absolute atomic E-state index is 12.9. The van der Waals surface area contributed by atoms with E-state index >= 15 is 0 Å². The fraction of sp³-hybridized carbons (Fsp3) is 0.500. The number of rotatable bonds is 7. The van der Waals surface area contributed by atoms with E-state index in [9.17, 15) is 4.39 Å². The second-order valence-electron chi connectivity index (χ2n) is 3.70. The lowest BCUT2D eigenvalue weighted by atomic mass is 10.2. The zero-order chi connectivity index (χ0) is 11.8. The van der Waals surface area contributed by atoms with Gasteiger partial charge in [-0.2, -0.15) is 0 Å². The van der Waals surface area contributed by atoms with Crippen LogP contribution in [-0.4, -0.2) is 43.4 Å². The zero-order valence-electron chi connectivity index (χ0n) is 9.53. The number of hydrogen-bond acceptors (Lipinski definition) is 3. The molecule has 0 amide bonds. The maximum atomic E-state index is 12.9. The van der Waals surface area contributed by atoms with Gasteiger partial charge in [0.25, 0.3) is 0 Å². The molecule has 3 nitrogen and oxygen atoms in total. The quantitative estimate of drug-likeness (QED) is 0.712. The SMILES string of the molecule is CN(CCOCCO)Cc1cccc(F)c1. The molecule has 0 unspecified atom stereocenters. The molecule has 0 atom stereocenters. The van der Waals surface area contributed by atoms with Gasteiger partial charge >= 0.3 is 0 Å². The second-order valence-corrected chi connectivity index (χ2v) is 3.70. The summed E-state index contributed by atoms with van der Waals surface area (Å²) in [5.74, 6) is -0.206. The summed E-state index contributed by atoms with van der Waals surface area (Å²) in [6.07, 6.45) is 0. The molecule has 0 saturated heterocycles. The molecule has 0 aromatic heterocycles. The van der Waals surface area contributed by atoms with Gasteiger partial charge in [-0.05, 0) is 24.7 Å². The topological polar surface area (TPSA) is 32.7 Å². The molecule has 0 spiro atoms. The van der Waals surface area contributed by atoms with Gasteiger partial charge in [-0.15, -0.1) is 0 Å². The fourth-order valence-electron chi connectivity index (χ4n) is 1.41. The minimum atomic E-state index is -0.206. The standard InChI is InChI=1S/C12H18FNO2/c1-14(5-7-16-8-6-15)10-11-3-2-4-12(13)9-11/h2-4,9,15H,5-8,10H2,1H3. The van der Waals surface area contributed by atoms with Crippen molar-refractivity contribution in [1.29, 1.82) is 0 Å². The Kier molecular flexibility index (Phi) is 6.00. The number of hydrogen-bond donors (Lipinski definition) is 1. The van der Waals surface area contributed by atoms with E-state index in [0.717, 1.165) is 12.1 Å². The van der Waals surface area contributed by atoms with E-state index in [-0.39, 0.29) is 12.4 Å². The Morgan fingerprint density at radius 3 is 2.88 bits per heavy atom. The van der Waals surface area contributed by atoms with Crippen LogP contribution in [0.2, 0.25) is 0 Å². The highest BCUT2D eigenvalue weighted by molar-refractivity contribution is 5.15. The van der Waals surface area contributed by atoms with E-state index in [1.54, 1.807) is 6.07 Å². The number of likely N-dealkylation sites (N-methyl/N-ethyl adjacent to an activating group) is 1. The minimum absolute atomic E-state index is 0.0492. The number of benzene rings is 1. The maximum Gasteiger partial charge on any atom is 0.123 e. The molecule has 1 aromatic carbocycles. The smallest absolute Gasteiger partial charge is 0.123 e. The molecule has 0 aliphatic carbocycles. The van der Waals surface area contributed by atoms with Crippen molar-refractivity contribution in [3.8, 4) is 0 Å². The summed E-state index contributed by atoms with van der Waals surface area (Å²) in [5, 5.41) is 8.52. The molecule has 16 heavy (non-hydrogen) atoms. The Morgan fingerprint density at radius 1 is 1.38 bits per heavy atom. The average molecular weight is 227 g/mol. The number of aliphatic hydroxyl groups excluding tert-OH is 1. The first-order valence-corrected chi connectivity index (χ1v) is 5.34. The van der Waals surface area contributed by atoms with E-state index in [2.05, 4.69) is 0 Å². The molecule has 1 aromatic rings. The van der Waals surface area contributed by atoms with Gasteiger partial charge < -0.3 is 9.84 Å². The Morgan fingerprint density at radius 2 is 2.19 bits per heavy atom. The van der Waals surface area contributed by atoms with Crippen LogP contribution in [-0.2, 0) is 11.3 Å². The summed E-state index contributed by atoms with van der Waals surface area (Å²) in [7, 11) is 1.95. The molecule has 0 radical (unpaired) electrons. The van der Waals surface area contributed by atoms with Gasteiger partial charge in [0.1, 0.15) is 5.82 Å². The van der Waals surface area contributed by atoms with E-state index in [0.29, 0.717) is 19.8 Å². The average Bonchev–Trinajstić information content (AvgIpc) is 2.24. The van der Waals surface area contributed by atoms with Crippen molar-refractivity contribution in [2.24, 2.45) is 0 Å². The van der Waals surface area contributed by atoms with Gasteiger partial charge in [0.15, 0.2) is 0 Å². The van der Waals surface area contributed by atoms with Crippen molar-refractivity contribution in [2.75, 3.05) is 33.4 Å². The van der Waals surface area contributed by atoms with Crippen molar-refractivity contribution in [3.63, 3.8) is 0 Å². The summed E-state index contributed by atoms with van der Waals surface area (Å²) < 4.78 is 18.0. The summed E-state index contributed by atoms with van der Waals surface area (Å²) in [4.78, 5) is 2.05. The van der Waals surface area contributed by atoms with Crippen LogP contribution in [0.25, 0.3) is 0 Å². The largest absolute Gasteiger partial charge is 0.394 e. The number of aliphatic hydroxyl groups is 1. The van der Waals surface area contributed by atoms with Crippen LogP contribution < -0.4 is 0 Å². The Labute approximate surface area is 95.5 Å². The van der Waals surface area contributed by atoms with Crippen molar-refractivity contribution in [2.45, 2.75) is 6.54 Å². The fourth-order valence-corrected chi connectivity index (χ4v) is 1.41. The van der Waals surface area contributed by atoms with Crippen LogP contribution in [0, 0.1) is 5.82 Å². The summed E-state index contributed by atoms with van der Waals surface area (Å²) >= 11 is 0. The monoisotopic (exact) mass is 227 g/mol. The van der Waals surface area contributed by atoms with Crippen LogP contribution in [0.1, 0.15) is 5.56 Å². The number of nitrogens with zero attached hydrogens (tertiary/aromatic N) is 1. The molecule has 0 fully saturated rings. The van der Waals surface area contributed by atoms with Crippen LogP contribution >= 0.6 is 0 Å². The zero-order valence-corrected chi connectivity index (χ0v) is 9.53. The first-order chi connectivity index (χ1) is 7.72. The Balaban J connectivity index is 2.25. The highest BCUT2D eigenvalue weighted by atomic mass is 19.1. The number of halogens is 1. The first kappa shape index (κ1) is 13.1. The molecular weight excluding hydrogens is 209 g/mol. The van der Waals surface area contributed by atoms with E-state index < -0.39 is 0 Å². The molecule has 90 valence electrons. The van der Waals surface area contributed by atoms with Crippen LogP contribution in [0.5, 0.6) is 0 Å². The molecule has 0 heterocycles. The number of ether oxygens (including phenoxy) is 1. The van der Waals surface area contributed by atoms with Crippen LogP contribution in [0.15, 0.2) is 24.3 Å². The van der Waals surface area contributed by atoms with Gasteiger partial charge in [-0.1, -0.05) is 12.1 Å². The van der Waals surface area contributed by atoms with Gasteiger partial charge in [0.2, 0.25) is 0 Å². The lowest BCUT2D eigenvalue weighted by molar-refractivity contribution is 0.0773. The summed E-state index contributed by atoms with van der Waals surface area (Å²) in [5.41, 5.74) is 0.949. The third-order valence-electron chi connectivity index (χ3n) is 2.19. The highest BCUT2D eigenvalue weighted by Gasteiger charge is 2.01. The molecule has 1 N–H and O–H groups in total. The lowest BCUT2D eigenvalue weighted by Crippen LogP contribution is -2.23. The van der Waals surface area contributed by atoms with E-state index in [4.69, 9.17) is 9.84 Å². The molecule has 1 rings (SSSR count).